The van der Waals surface area contributed by atoms with Crippen LogP contribution in [0, 0.1) is 0 Å². The van der Waals surface area contributed by atoms with Crippen molar-refractivity contribution in [3.8, 4) is 16.8 Å². The molecule has 1 aliphatic carbocycles. The van der Waals surface area contributed by atoms with E-state index in [1.54, 1.807) is 0 Å². The van der Waals surface area contributed by atoms with Gasteiger partial charge in [-0.15, -0.1) is 0 Å². The van der Waals surface area contributed by atoms with Crippen molar-refractivity contribution in [2.24, 2.45) is 0 Å². The number of aromatic nitrogens is 1. The fourth-order valence-electron chi connectivity index (χ4n) is 10.1. The monoisotopic (exact) mass is 690 g/mol. The number of anilines is 3. The van der Waals surface area contributed by atoms with Crippen LogP contribution in [0.4, 0.5) is 17.1 Å². The Morgan fingerprint density at radius 3 is 1.76 bits per heavy atom. The molecule has 54 heavy (non-hydrogen) atoms. The minimum absolute atomic E-state index is 0.322. The molecule has 0 fully saturated rings. The van der Waals surface area contributed by atoms with E-state index in [9.17, 15) is 0 Å². The number of benzene rings is 8. The second kappa shape index (κ2) is 11.4. The van der Waals surface area contributed by atoms with Crippen LogP contribution in [0.5, 0.6) is 0 Å². The lowest BCUT2D eigenvalue weighted by Gasteiger charge is -2.51. The third-order valence-electron chi connectivity index (χ3n) is 12.2. The van der Waals surface area contributed by atoms with Gasteiger partial charge in [0.1, 0.15) is 0 Å². The van der Waals surface area contributed by atoms with Gasteiger partial charge in [0.15, 0.2) is 0 Å². The van der Waals surface area contributed by atoms with Gasteiger partial charge in [-0.3, -0.25) is 0 Å². The number of para-hydroxylation sites is 4. The number of hydrogen-bond donors (Lipinski definition) is 0. The number of fused-ring (bicyclic) bond motifs is 11. The fraction of sp³-hybridized carbons (Fsp3) is 0.0769. The van der Waals surface area contributed by atoms with Crippen LogP contribution >= 0.6 is 0 Å². The molecule has 2 heterocycles. The van der Waals surface area contributed by atoms with Gasteiger partial charge in [-0.1, -0.05) is 166 Å². The Bertz CT molecular complexity index is 2900. The van der Waals surface area contributed by atoms with Gasteiger partial charge in [0, 0.05) is 27.6 Å². The molecule has 11 rings (SSSR count). The highest BCUT2D eigenvalue weighted by Gasteiger charge is 2.53. The van der Waals surface area contributed by atoms with Crippen LogP contribution in [0.15, 0.2) is 194 Å². The maximum absolute atomic E-state index is 2.52. The van der Waals surface area contributed by atoms with Crippen molar-refractivity contribution in [1.82, 2.24) is 4.57 Å². The molecule has 0 radical (unpaired) electrons. The molecule has 0 saturated heterocycles. The van der Waals surface area contributed by atoms with Gasteiger partial charge in [-0.25, -0.2) is 0 Å². The summed E-state index contributed by atoms with van der Waals surface area (Å²) in [5.41, 5.74) is 16.8. The Labute approximate surface area is 316 Å². The molecule has 8 aromatic carbocycles. The molecule has 1 aliphatic heterocycles. The molecule has 2 aliphatic rings. The summed E-state index contributed by atoms with van der Waals surface area (Å²) in [6, 6.07) is 71.9. The van der Waals surface area contributed by atoms with E-state index in [0.29, 0.717) is 0 Å². The highest BCUT2D eigenvalue weighted by Crippen LogP contribution is 2.62. The van der Waals surface area contributed by atoms with E-state index in [1.807, 2.05) is 0 Å². The molecule has 0 saturated carbocycles. The van der Waals surface area contributed by atoms with Gasteiger partial charge in [0.05, 0.1) is 27.8 Å². The summed E-state index contributed by atoms with van der Waals surface area (Å²) >= 11 is 0. The number of rotatable bonds is 4. The van der Waals surface area contributed by atoms with Crippen LogP contribution in [-0.4, -0.2) is 4.57 Å². The van der Waals surface area contributed by atoms with E-state index in [0.717, 1.165) is 11.4 Å². The van der Waals surface area contributed by atoms with Crippen molar-refractivity contribution in [3.63, 3.8) is 0 Å². The minimum atomic E-state index is -0.558. The molecular weight excluding hydrogens is 653 g/mol. The van der Waals surface area contributed by atoms with E-state index >= 15 is 0 Å². The molecule has 1 atom stereocenters. The summed E-state index contributed by atoms with van der Waals surface area (Å²) in [4.78, 5) is 2.48. The molecule has 2 nitrogen and oxygen atoms in total. The Hall–Kier alpha value is -6.64. The van der Waals surface area contributed by atoms with Gasteiger partial charge < -0.3 is 9.47 Å². The van der Waals surface area contributed by atoms with E-state index in [-0.39, 0.29) is 5.41 Å². The van der Waals surface area contributed by atoms with Crippen LogP contribution in [0.3, 0.4) is 0 Å². The zero-order valence-electron chi connectivity index (χ0n) is 30.4. The van der Waals surface area contributed by atoms with Gasteiger partial charge in [-0.05, 0) is 87.0 Å². The van der Waals surface area contributed by atoms with Crippen LogP contribution < -0.4 is 4.90 Å². The van der Waals surface area contributed by atoms with Crippen molar-refractivity contribution in [2.45, 2.75) is 24.7 Å². The summed E-state index contributed by atoms with van der Waals surface area (Å²) < 4.78 is 2.52. The Kier molecular flexibility index (Phi) is 6.55. The number of hydrogen-bond acceptors (Lipinski definition) is 1. The largest absolute Gasteiger partial charge is 0.310 e. The topological polar surface area (TPSA) is 8.17 Å². The summed E-state index contributed by atoms with van der Waals surface area (Å²) in [7, 11) is 0. The van der Waals surface area contributed by atoms with Crippen molar-refractivity contribution < 1.29 is 0 Å². The standard InChI is InChI=1S/C52H38N2/c1-51(2)41-23-10-11-24-42(41)52(43-25-12-14-29-47(43)54-46-28-13-9-21-39(46)40-22-15-27-45(52)50(40)54)44-26-16-30-48(49(44)51)53(37-19-7-4-8-20-37)38-33-31-36(32-34-38)35-17-5-3-6-18-35/h3-34H,1-2H3. The first-order chi connectivity index (χ1) is 26.6. The quantitative estimate of drug-likeness (QED) is 0.178. The maximum Gasteiger partial charge on any atom is 0.0749 e. The van der Waals surface area contributed by atoms with Crippen LogP contribution in [0.25, 0.3) is 38.6 Å². The SMILES string of the molecule is CC1(C)c2ccccc2C2(c3ccccc3-n3c4ccccc4c4cccc2c43)c2cccc(N(c3ccccc3)c3ccc(-c4ccccc4)cc3)c21. The molecule has 0 bridgehead atoms. The zero-order chi connectivity index (χ0) is 36.0. The van der Waals surface area contributed by atoms with Gasteiger partial charge >= 0.3 is 0 Å². The van der Waals surface area contributed by atoms with Crippen molar-refractivity contribution in [2.75, 3.05) is 4.90 Å². The zero-order valence-corrected chi connectivity index (χ0v) is 30.4. The lowest BCUT2D eigenvalue weighted by molar-refractivity contribution is 0.557. The van der Waals surface area contributed by atoms with Crippen molar-refractivity contribution in [1.29, 1.82) is 0 Å². The summed E-state index contributed by atoms with van der Waals surface area (Å²) in [5, 5.41) is 2.58. The number of nitrogens with zero attached hydrogens (tertiary/aromatic N) is 2. The molecular formula is C52H38N2. The second-order valence-corrected chi connectivity index (χ2v) is 15.3. The highest BCUT2D eigenvalue weighted by atomic mass is 15.1. The van der Waals surface area contributed by atoms with Gasteiger partial charge in [-0.2, -0.15) is 0 Å². The molecule has 1 unspecified atom stereocenters. The molecule has 2 heteroatoms. The molecule has 1 aromatic heterocycles. The average Bonchev–Trinajstić information content (AvgIpc) is 3.57. The van der Waals surface area contributed by atoms with Crippen LogP contribution in [0.1, 0.15) is 47.2 Å². The first-order valence-corrected chi connectivity index (χ1v) is 19.0. The Morgan fingerprint density at radius 1 is 0.407 bits per heavy atom. The average molecular weight is 691 g/mol. The lowest BCUT2D eigenvalue weighted by Crippen LogP contribution is -2.44. The van der Waals surface area contributed by atoms with Crippen LogP contribution in [-0.2, 0) is 10.8 Å². The van der Waals surface area contributed by atoms with Crippen molar-refractivity contribution in [3.05, 3.63) is 228 Å². The molecule has 1 spiro atoms. The minimum Gasteiger partial charge on any atom is -0.310 e. The Morgan fingerprint density at radius 2 is 0.963 bits per heavy atom. The van der Waals surface area contributed by atoms with Gasteiger partial charge in [0.2, 0.25) is 0 Å². The summed E-state index contributed by atoms with van der Waals surface area (Å²) in [6.45, 7) is 4.85. The summed E-state index contributed by atoms with van der Waals surface area (Å²) in [6.07, 6.45) is 0. The maximum atomic E-state index is 2.52. The van der Waals surface area contributed by atoms with E-state index in [2.05, 4.69) is 217 Å². The highest BCUT2D eigenvalue weighted by molar-refractivity contribution is 6.12. The molecule has 0 amide bonds. The lowest BCUT2D eigenvalue weighted by atomic mass is 9.53. The Balaban J connectivity index is 1.26. The smallest absolute Gasteiger partial charge is 0.0749 e. The molecule has 9 aromatic rings. The fourth-order valence-corrected chi connectivity index (χ4v) is 10.1. The van der Waals surface area contributed by atoms with Crippen LogP contribution in [0.2, 0.25) is 0 Å². The summed E-state index contributed by atoms with van der Waals surface area (Å²) in [5.74, 6) is 0. The third kappa shape index (κ3) is 4.06. The molecule has 256 valence electrons. The predicted octanol–water partition coefficient (Wildman–Crippen LogP) is 13.3. The van der Waals surface area contributed by atoms with Crippen molar-refractivity contribution >= 4 is 38.9 Å². The third-order valence-corrected chi connectivity index (χ3v) is 12.2. The van der Waals surface area contributed by atoms with E-state index in [4.69, 9.17) is 0 Å². The normalized spacial score (nSPS) is 16.2. The molecule has 0 N–H and O–H groups in total. The van der Waals surface area contributed by atoms with E-state index in [1.165, 1.54) is 77.7 Å². The second-order valence-electron chi connectivity index (χ2n) is 15.3. The van der Waals surface area contributed by atoms with Gasteiger partial charge in [0.25, 0.3) is 0 Å². The first-order valence-electron chi connectivity index (χ1n) is 19.0. The first kappa shape index (κ1) is 30.9. The predicted molar refractivity (Wildman–Crippen MR) is 225 cm³/mol. The van der Waals surface area contributed by atoms with E-state index < -0.39 is 5.41 Å².